The Morgan fingerprint density at radius 2 is 1.96 bits per heavy atom. The quantitative estimate of drug-likeness (QED) is 0.880. The number of aromatic amines is 2. The third kappa shape index (κ3) is 2.91. The lowest BCUT2D eigenvalue weighted by molar-refractivity contribution is 0.0653. The number of imidazole rings is 1. The molecule has 25 heavy (non-hydrogen) atoms. The number of nitrogens with zero attached hydrogens (tertiary/aromatic N) is 2. The van der Waals surface area contributed by atoms with E-state index >= 15 is 0 Å². The van der Waals surface area contributed by atoms with Gasteiger partial charge in [0.15, 0.2) is 0 Å². The number of likely N-dealkylation sites (N-methyl/N-ethyl adjacent to an activating group) is 1. The predicted octanol–water partition coefficient (Wildman–Crippen LogP) is 2.14. The molecular weight excluding hydrogens is 316 g/mol. The number of carbonyl (C=O) groups excluding carboxylic acids is 1. The molecule has 2 fully saturated rings. The summed E-state index contributed by atoms with van der Waals surface area (Å²) in [5, 5.41) is 0. The Labute approximate surface area is 146 Å². The number of aromatic nitrogens is 2. The number of H-pyrrole nitrogens is 2. The summed E-state index contributed by atoms with van der Waals surface area (Å²) in [7, 11) is 2.18. The molecule has 2 aliphatic rings. The topological polar surface area (TPSA) is 72.2 Å². The van der Waals surface area contributed by atoms with E-state index in [9.17, 15) is 9.59 Å². The van der Waals surface area contributed by atoms with Crippen LogP contribution in [-0.2, 0) is 0 Å². The van der Waals surface area contributed by atoms with Gasteiger partial charge in [-0.2, -0.15) is 0 Å². The molecule has 6 nitrogen and oxygen atoms in total. The van der Waals surface area contributed by atoms with Gasteiger partial charge in [-0.25, -0.2) is 4.79 Å². The Morgan fingerprint density at radius 3 is 2.68 bits per heavy atom. The third-order valence-corrected chi connectivity index (χ3v) is 5.74. The summed E-state index contributed by atoms with van der Waals surface area (Å²) in [5.41, 5.74) is 1.33. The minimum Gasteiger partial charge on any atom is -0.333 e. The minimum atomic E-state index is -0.333. The first-order valence-electron chi connectivity index (χ1n) is 9.00. The molecule has 132 valence electrons. The second-order valence-electron chi connectivity index (χ2n) is 7.11. The molecular formula is C19H24N4O2. The van der Waals surface area contributed by atoms with Crippen LogP contribution in [0.15, 0.2) is 41.3 Å². The van der Waals surface area contributed by atoms with Gasteiger partial charge in [0.25, 0.3) is 5.91 Å². The number of benzene rings is 1. The van der Waals surface area contributed by atoms with Crippen LogP contribution in [0.25, 0.3) is 0 Å². The van der Waals surface area contributed by atoms with Crippen molar-refractivity contribution in [3.05, 3.63) is 58.3 Å². The van der Waals surface area contributed by atoms with Crippen LogP contribution in [-0.4, -0.2) is 51.4 Å². The standard InChI is InChI=1S/C19H24N4O2/c1-22-15-9-5-6-10-23(18(24)14-12-20-19(25)21-14)17(15)11-16(22)13-7-3-2-4-8-13/h2-4,7-8,12,15-17H,5-6,9-11H2,1H3,(H2,20,21,25)/t15-,16-,17+/m0/s1. The first kappa shape index (κ1) is 16.1. The molecule has 2 N–H and O–H groups in total. The highest BCUT2D eigenvalue weighted by Gasteiger charge is 2.44. The van der Waals surface area contributed by atoms with Gasteiger partial charge in [-0.1, -0.05) is 36.8 Å². The first-order chi connectivity index (χ1) is 12.1. The Hall–Kier alpha value is -2.34. The van der Waals surface area contributed by atoms with Gasteiger partial charge >= 0.3 is 5.69 Å². The lowest BCUT2D eigenvalue weighted by atomic mass is 10.0. The van der Waals surface area contributed by atoms with Crippen LogP contribution in [0.1, 0.15) is 47.8 Å². The summed E-state index contributed by atoms with van der Waals surface area (Å²) < 4.78 is 0. The maximum Gasteiger partial charge on any atom is 0.323 e. The van der Waals surface area contributed by atoms with Crippen molar-refractivity contribution in [1.29, 1.82) is 0 Å². The van der Waals surface area contributed by atoms with Crippen LogP contribution in [0.3, 0.4) is 0 Å². The van der Waals surface area contributed by atoms with Gasteiger partial charge in [-0.3, -0.25) is 9.69 Å². The van der Waals surface area contributed by atoms with Crippen molar-refractivity contribution in [3.63, 3.8) is 0 Å². The van der Waals surface area contributed by atoms with Gasteiger partial charge in [0.05, 0.1) is 0 Å². The molecule has 6 heteroatoms. The van der Waals surface area contributed by atoms with Crippen LogP contribution in [0.5, 0.6) is 0 Å². The fourth-order valence-electron chi connectivity index (χ4n) is 4.49. The second kappa shape index (κ2) is 6.52. The zero-order valence-electron chi connectivity index (χ0n) is 14.4. The van der Waals surface area contributed by atoms with Crippen molar-refractivity contribution in [2.75, 3.05) is 13.6 Å². The number of carbonyl (C=O) groups is 1. The van der Waals surface area contributed by atoms with E-state index in [0.29, 0.717) is 17.8 Å². The maximum absolute atomic E-state index is 13.0. The molecule has 2 aromatic rings. The molecule has 2 saturated heterocycles. The highest BCUT2D eigenvalue weighted by Crippen LogP contribution is 2.40. The van der Waals surface area contributed by atoms with Crippen molar-refractivity contribution >= 4 is 5.91 Å². The first-order valence-corrected chi connectivity index (χ1v) is 9.00. The molecule has 3 heterocycles. The van der Waals surface area contributed by atoms with Crippen molar-refractivity contribution in [1.82, 2.24) is 19.8 Å². The summed E-state index contributed by atoms with van der Waals surface area (Å²) in [4.78, 5) is 33.9. The van der Waals surface area contributed by atoms with Crippen molar-refractivity contribution < 1.29 is 4.79 Å². The van der Waals surface area contributed by atoms with Crippen LogP contribution in [0, 0.1) is 0 Å². The highest BCUT2D eigenvalue weighted by molar-refractivity contribution is 5.92. The number of nitrogens with one attached hydrogen (secondary N) is 2. The second-order valence-corrected chi connectivity index (χ2v) is 7.11. The van der Waals surface area contributed by atoms with E-state index in [1.807, 2.05) is 11.0 Å². The van der Waals surface area contributed by atoms with E-state index in [2.05, 4.69) is 46.2 Å². The van der Waals surface area contributed by atoms with Crippen molar-refractivity contribution in [2.24, 2.45) is 0 Å². The Balaban J connectivity index is 1.63. The lowest BCUT2D eigenvalue weighted by Gasteiger charge is -2.31. The molecule has 0 spiro atoms. The summed E-state index contributed by atoms with van der Waals surface area (Å²) in [5.74, 6) is -0.0719. The number of likely N-dealkylation sites (tertiary alicyclic amines) is 2. The van der Waals surface area contributed by atoms with Crippen LogP contribution in [0.2, 0.25) is 0 Å². The zero-order chi connectivity index (χ0) is 17.4. The van der Waals surface area contributed by atoms with Gasteiger partial charge in [0.2, 0.25) is 0 Å². The van der Waals surface area contributed by atoms with Crippen molar-refractivity contribution in [2.45, 2.75) is 43.8 Å². The van der Waals surface area contributed by atoms with E-state index in [4.69, 9.17) is 0 Å². The Morgan fingerprint density at radius 1 is 1.16 bits per heavy atom. The number of rotatable bonds is 2. The molecule has 2 aliphatic heterocycles. The average molecular weight is 340 g/mol. The van der Waals surface area contributed by atoms with E-state index in [1.165, 1.54) is 11.8 Å². The molecule has 1 amide bonds. The van der Waals surface area contributed by atoms with Gasteiger partial charge in [-0.15, -0.1) is 0 Å². The molecule has 0 saturated carbocycles. The molecule has 1 aromatic carbocycles. The van der Waals surface area contributed by atoms with E-state index < -0.39 is 0 Å². The van der Waals surface area contributed by atoms with Gasteiger partial charge in [0, 0.05) is 30.9 Å². The van der Waals surface area contributed by atoms with Gasteiger partial charge in [-0.05, 0) is 31.9 Å². The maximum atomic E-state index is 13.0. The van der Waals surface area contributed by atoms with Gasteiger partial charge < -0.3 is 14.9 Å². The van der Waals surface area contributed by atoms with Gasteiger partial charge in [0.1, 0.15) is 5.69 Å². The van der Waals surface area contributed by atoms with E-state index in [0.717, 1.165) is 32.2 Å². The predicted molar refractivity (Wildman–Crippen MR) is 95.4 cm³/mol. The largest absolute Gasteiger partial charge is 0.333 e. The SMILES string of the molecule is CN1[C@H](c2ccccc2)C[C@@H]2[C@@H]1CCCCN2C(=O)c1c[nH]c(=O)[nH]1. The monoisotopic (exact) mass is 340 g/mol. The summed E-state index contributed by atoms with van der Waals surface area (Å²) in [6.45, 7) is 0.753. The zero-order valence-corrected chi connectivity index (χ0v) is 14.4. The normalized spacial score (nSPS) is 27.1. The smallest absolute Gasteiger partial charge is 0.323 e. The number of hydrogen-bond acceptors (Lipinski definition) is 3. The van der Waals surface area contributed by atoms with E-state index in [-0.39, 0.29) is 17.6 Å². The lowest BCUT2D eigenvalue weighted by Crippen LogP contribution is -2.46. The summed E-state index contributed by atoms with van der Waals surface area (Å²) >= 11 is 0. The van der Waals surface area contributed by atoms with E-state index in [1.54, 1.807) is 0 Å². The molecule has 3 atom stereocenters. The Bertz CT molecular complexity index is 797. The average Bonchev–Trinajstić information content (AvgIpc) is 3.12. The summed E-state index contributed by atoms with van der Waals surface area (Å²) in [6, 6.07) is 11.4. The molecule has 1 aromatic heterocycles. The number of amides is 1. The van der Waals surface area contributed by atoms with Crippen LogP contribution >= 0.6 is 0 Å². The number of hydrogen-bond donors (Lipinski definition) is 2. The third-order valence-electron chi connectivity index (χ3n) is 5.74. The number of fused-ring (bicyclic) bond motifs is 1. The molecule has 0 unspecified atom stereocenters. The molecule has 0 aliphatic carbocycles. The summed E-state index contributed by atoms with van der Waals surface area (Å²) in [6.07, 6.45) is 5.67. The van der Waals surface area contributed by atoms with Crippen LogP contribution < -0.4 is 5.69 Å². The van der Waals surface area contributed by atoms with Crippen molar-refractivity contribution in [3.8, 4) is 0 Å². The molecule has 4 rings (SSSR count). The highest BCUT2D eigenvalue weighted by atomic mass is 16.2. The molecule has 0 bridgehead atoms. The molecule has 0 radical (unpaired) electrons. The Kier molecular flexibility index (Phi) is 4.21. The van der Waals surface area contributed by atoms with Crippen LogP contribution in [0.4, 0.5) is 0 Å². The minimum absolute atomic E-state index is 0.0719. The fraction of sp³-hybridized carbons (Fsp3) is 0.474. The fourth-order valence-corrected chi connectivity index (χ4v) is 4.49.